The van der Waals surface area contributed by atoms with Crippen LogP contribution in [0.25, 0.3) is 0 Å². The van der Waals surface area contributed by atoms with Crippen molar-refractivity contribution in [1.29, 1.82) is 0 Å². The molecule has 0 fully saturated rings. The molecule has 0 aliphatic rings. The van der Waals surface area contributed by atoms with Crippen LogP contribution in [-0.2, 0) is 0 Å². The van der Waals surface area contributed by atoms with Crippen molar-refractivity contribution in [1.82, 2.24) is 0 Å². The van der Waals surface area contributed by atoms with Crippen molar-refractivity contribution < 1.29 is 30.0 Å². The standard InChI is InChI=1S/2C7H6O2.C7H14O2/c2*8-7(9)6-4-2-1-3-5-6;1-3-4-7(9)5-6(2)8/h2*1-5H,(H,8,9);3,6-9H,1,4-5H2,2H3. The van der Waals surface area contributed by atoms with Crippen molar-refractivity contribution >= 4 is 11.9 Å². The van der Waals surface area contributed by atoms with Gasteiger partial charge in [0.1, 0.15) is 0 Å². The van der Waals surface area contributed by atoms with E-state index in [4.69, 9.17) is 20.4 Å². The minimum Gasteiger partial charge on any atom is -0.478 e. The lowest BCUT2D eigenvalue weighted by molar-refractivity contribution is 0.0686. The fourth-order valence-corrected chi connectivity index (χ4v) is 1.84. The highest BCUT2D eigenvalue weighted by molar-refractivity contribution is 5.87. The van der Waals surface area contributed by atoms with Gasteiger partial charge < -0.3 is 20.4 Å². The van der Waals surface area contributed by atoms with Gasteiger partial charge in [-0.3, -0.25) is 0 Å². The van der Waals surface area contributed by atoms with Crippen LogP contribution in [0.2, 0.25) is 0 Å². The number of aliphatic hydroxyl groups excluding tert-OH is 2. The average molecular weight is 374 g/mol. The number of aromatic carboxylic acids is 2. The zero-order valence-electron chi connectivity index (χ0n) is 15.2. The van der Waals surface area contributed by atoms with Gasteiger partial charge >= 0.3 is 11.9 Å². The summed E-state index contributed by atoms with van der Waals surface area (Å²) in [6, 6.07) is 16.6. The Hall–Kier alpha value is -2.96. The third kappa shape index (κ3) is 13.0. The molecule has 0 radical (unpaired) electrons. The molecule has 0 heterocycles. The lowest BCUT2D eigenvalue weighted by Gasteiger charge is -2.08. The second-order valence-electron chi connectivity index (χ2n) is 5.61. The predicted octanol–water partition coefficient (Wildman–Crippen LogP) is 3.46. The van der Waals surface area contributed by atoms with Crippen LogP contribution in [-0.4, -0.2) is 44.6 Å². The van der Waals surface area contributed by atoms with Gasteiger partial charge in [0.25, 0.3) is 0 Å². The largest absolute Gasteiger partial charge is 0.478 e. The summed E-state index contributed by atoms with van der Waals surface area (Å²) in [4.78, 5) is 20.4. The highest BCUT2D eigenvalue weighted by Crippen LogP contribution is 2.01. The smallest absolute Gasteiger partial charge is 0.335 e. The maximum atomic E-state index is 10.2. The molecule has 2 atom stereocenters. The minimum atomic E-state index is -0.879. The maximum absolute atomic E-state index is 10.2. The average Bonchev–Trinajstić information content (AvgIpc) is 2.64. The molecule has 0 saturated carbocycles. The Morgan fingerprint density at radius 3 is 1.48 bits per heavy atom. The molecule has 2 aromatic rings. The Bertz CT molecular complexity index is 618. The van der Waals surface area contributed by atoms with Gasteiger partial charge in [-0.05, 0) is 44.0 Å². The fraction of sp³-hybridized carbons (Fsp3) is 0.238. The van der Waals surface area contributed by atoms with Crippen LogP contribution < -0.4 is 0 Å². The molecule has 0 bridgehead atoms. The molecule has 4 N–H and O–H groups in total. The van der Waals surface area contributed by atoms with Gasteiger partial charge in [-0.25, -0.2) is 9.59 Å². The Morgan fingerprint density at radius 2 is 1.26 bits per heavy atom. The first-order valence-corrected chi connectivity index (χ1v) is 8.31. The second-order valence-corrected chi connectivity index (χ2v) is 5.61. The molecule has 6 heteroatoms. The van der Waals surface area contributed by atoms with E-state index in [1.807, 2.05) is 0 Å². The van der Waals surface area contributed by atoms with Crippen LogP contribution in [0.1, 0.15) is 40.5 Å². The van der Waals surface area contributed by atoms with Gasteiger partial charge in [0, 0.05) is 0 Å². The van der Waals surface area contributed by atoms with Gasteiger partial charge in [-0.15, -0.1) is 6.58 Å². The molecule has 146 valence electrons. The number of hydrogen-bond donors (Lipinski definition) is 4. The molecule has 0 spiro atoms. The van der Waals surface area contributed by atoms with Gasteiger partial charge in [0.2, 0.25) is 0 Å². The summed E-state index contributed by atoms with van der Waals surface area (Å²) in [5.74, 6) is -1.76. The topological polar surface area (TPSA) is 115 Å². The minimum absolute atomic E-state index is 0.331. The molecule has 6 nitrogen and oxygen atoms in total. The molecule has 27 heavy (non-hydrogen) atoms. The summed E-state index contributed by atoms with van der Waals surface area (Å²) in [5.41, 5.74) is 0.662. The quantitative estimate of drug-likeness (QED) is 0.576. The monoisotopic (exact) mass is 374 g/mol. The van der Waals surface area contributed by atoms with Crippen LogP contribution in [0.3, 0.4) is 0 Å². The van der Waals surface area contributed by atoms with E-state index in [1.165, 1.54) is 0 Å². The summed E-state index contributed by atoms with van der Waals surface area (Å²) in [5, 5.41) is 34.5. The first kappa shape index (κ1) is 24.0. The summed E-state index contributed by atoms with van der Waals surface area (Å²) in [7, 11) is 0. The van der Waals surface area contributed by atoms with Crippen molar-refractivity contribution in [3.63, 3.8) is 0 Å². The lowest BCUT2D eigenvalue weighted by atomic mass is 10.1. The van der Waals surface area contributed by atoms with Crippen LogP contribution in [0, 0.1) is 0 Å². The number of hydrogen-bond acceptors (Lipinski definition) is 4. The number of rotatable bonds is 6. The van der Waals surface area contributed by atoms with E-state index in [9.17, 15) is 9.59 Å². The second kappa shape index (κ2) is 14.2. The summed E-state index contributed by atoms with van der Waals surface area (Å²) >= 11 is 0. The van der Waals surface area contributed by atoms with E-state index in [1.54, 1.807) is 73.7 Å². The van der Waals surface area contributed by atoms with Crippen molar-refractivity contribution in [3.8, 4) is 0 Å². The van der Waals surface area contributed by atoms with E-state index in [-0.39, 0.29) is 0 Å². The highest BCUT2D eigenvalue weighted by Gasteiger charge is 2.04. The van der Waals surface area contributed by atoms with Crippen molar-refractivity contribution in [3.05, 3.63) is 84.4 Å². The zero-order chi connectivity index (χ0) is 20.7. The first-order chi connectivity index (χ1) is 12.8. The molecular formula is C21H26O6. The van der Waals surface area contributed by atoms with Crippen LogP contribution in [0.4, 0.5) is 0 Å². The highest BCUT2D eigenvalue weighted by atomic mass is 16.4. The number of carboxylic acid groups (broad SMARTS) is 2. The summed E-state index contributed by atoms with van der Waals surface area (Å²) in [6.45, 7) is 5.13. The Kier molecular flexibility index (Phi) is 12.7. The molecule has 0 aliphatic carbocycles. The van der Waals surface area contributed by atoms with Crippen LogP contribution in [0.15, 0.2) is 73.3 Å². The van der Waals surface area contributed by atoms with Crippen molar-refractivity contribution in [2.24, 2.45) is 0 Å². The SMILES string of the molecule is C=CCC(O)CC(C)O.O=C(O)c1ccccc1.O=C(O)c1ccccc1. The van der Waals surface area contributed by atoms with Crippen LogP contribution >= 0.6 is 0 Å². The molecule has 2 unspecified atom stereocenters. The maximum Gasteiger partial charge on any atom is 0.335 e. The van der Waals surface area contributed by atoms with E-state index in [2.05, 4.69) is 6.58 Å². The molecule has 0 aliphatic heterocycles. The molecule has 0 saturated heterocycles. The summed E-state index contributed by atoms with van der Waals surface area (Å²) in [6.07, 6.45) is 1.80. The first-order valence-electron chi connectivity index (χ1n) is 8.31. The van der Waals surface area contributed by atoms with E-state index < -0.39 is 24.1 Å². The molecule has 0 aromatic heterocycles. The number of carbonyl (C=O) groups is 2. The molecular weight excluding hydrogens is 348 g/mol. The zero-order valence-corrected chi connectivity index (χ0v) is 15.2. The third-order valence-corrected chi connectivity index (χ3v) is 3.09. The number of aliphatic hydroxyl groups is 2. The van der Waals surface area contributed by atoms with Crippen molar-refractivity contribution in [2.45, 2.75) is 32.0 Å². The molecule has 2 rings (SSSR count). The number of carboxylic acids is 2. The molecule has 2 aromatic carbocycles. The van der Waals surface area contributed by atoms with E-state index in [0.29, 0.717) is 24.0 Å². The van der Waals surface area contributed by atoms with Gasteiger partial charge in [-0.2, -0.15) is 0 Å². The molecule has 0 amide bonds. The normalized spacial score (nSPS) is 11.5. The van der Waals surface area contributed by atoms with Crippen molar-refractivity contribution in [2.75, 3.05) is 0 Å². The van der Waals surface area contributed by atoms with Crippen LogP contribution in [0.5, 0.6) is 0 Å². The van der Waals surface area contributed by atoms with Gasteiger partial charge in [0.05, 0.1) is 23.3 Å². The van der Waals surface area contributed by atoms with Gasteiger partial charge in [-0.1, -0.05) is 42.5 Å². The lowest BCUT2D eigenvalue weighted by Crippen LogP contribution is -2.13. The van der Waals surface area contributed by atoms with E-state index in [0.717, 1.165) is 0 Å². The Labute approximate surface area is 159 Å². The fourth-order valence-electron chi connectivity index (χ4n) is 1.84. The van der Waals surface area contributed by atoms with E-state index >= 15 is 0 Å². The number of benzene rings is 2. The third-order valence-electron chi connectivity index (χ3n) is 3.09. The summed E-state index contributed by atoms with van der Waals surface area (Å²) < 4.78 is 0. The Morgan fingerprint density at radius 1 is 0.889 bits per heavy atom. The Balaban J connectivity index is 0.000000376. The van der Waals surface area contributed by atoms with Gasteiger partial charge in [0.15, 0.2) is 0 Å². The predicted molar refractivity (Wildman–Crippen MR) is 104 cm³/mol.